The maximum atomic E-state index is 13.4. The highest BCUT2D eigenvalue weighted by molar-refractivity contribution is 6.04. The molecule has 4 aromatic rings. The van der Waals surface area contributed by atoms with Crippen molar-refractivity contribution in [1.29, 1.82) is 0 Å². The van der Waals surface area contributed by atoms with Gasteiger partial charge in [-0.3, -0.25) is 9.59 Å². The first kappa shape index (κ1) is 25.8. The summed E-state index contributed by atoms with van der Waals surface area (Å²) in [6.07, 6.45) is 0.842. The largest absolute Gasteiger partial charge is 0.378 e. The zero-order valence-corrected chi connectivity index (χ0v) is 22.8. The van der Waals surface area contributed by atoms with Crippen LogP contribution in [0, 0.1) is 13.8 Å². The van der Waals surface area contributed by atoms with Gasteiger partial charge in [-0.2, -0.15) is 4.98 Å². The average Bonchev–Trinajstić information content (AvgIpc) is 3.28. The molecule has 2 aliphatic heterocycles. The number of H-pyrrole nitrogens is 1. The number of hydrogen-bond donors (Lipinski definition) is 3. The minimum atomic E-state index is -0.344. The Morgan fingerprint density at radius 2 is 1.80 bits per heavy atom. The fraction of sp³-hybridized carbons (Fsp3) is 0.333. The fourth-order valence-corrected chi connectivity index (χ4v) is 5.27. The summed E-state index contributed by atoms with van der Waals surface area (Å²) in [6.45, 7) is 7.81. The number of nitrogens with one attached hydrogen (secondary N) is 3. The van der Waals surface area contributed by atoms with Crippen LogP contribution in [-0.4, -0.2) is 71.1 Å². The molecular formula is C30H33N7O3. The molecule has 10 heteroatoms. The second-order valence-corrected chi connectivity index (χ2v) is 10.3. The molecule has 4 heterocycles. The van der Waals surface area contributed by atoms with Crippen molar-refractivity contribution in [1.82, 2.24) is 19.9 Å². The summed E-state index contributed by atoms with van der Waals surface area (Å²) in [5.41, 5.74) is 6.65. The van der Waals surface area contributed by atoms with E-state index in [2.05, 4.69) is 44.6 Å². The van der Waals surface area contributed by atoms with E-state index in [-0.39, 0.29) is 24.1 Å². The molecule has 2 aliphatic rings. The second kappa shape index (κ2) is 11.0. The third-order valence-electron chi connectivity index (χ3n) is 7.71. The third-order valence-corrected chi connectivity index (χ3v) is 7.71. The van der Waals surface area contributed by atoms with Gasteiger partial charge in [-0.1, -0.05) is 24.3 Å². The quantitative estimate of drug-likeness (QED) is 0.343. The monoisotopic (exact) mass is 539 g/mol. The molecular weight excluding hydrogens is 506 g/mol. The van der Waals surface area contributed by atoms with Gasteiger partial charge in [0.05, 0.1) is 19.8 Å². The van der Waals surface area contributed by atoms with Crippen LogP contribution in [0.3, 0.4) is 0 Å². The molecule has 0 atom stereocenters. The molecule has 6 rings (SSSR count). The highest BCUT2D eigenvalue weighted by Crippen LogP contribution is 2.25. The van der Waals surface area contributed by atoms with Gasteiger partial charge in [0, 0.05) is 54.5 Å². The molecule has 40 heavy (non-hydrogen) atoms. The van der Waals surface area contributed by atoms with E-state index in [1.54, 1.807) is 6.07 Å². The van der Waals surface area contributed by atoms with Crippen LogP contribution in [0.4, 0.5) is 17.5 Å². The Bertz CT molecular complexity index is 1580. The molecule has 10 nitrogen and oxygen atoms in total. The van der Waals surface area contributed by atoms with Crippen molar-refractivity contribution in [3.63, 3.8) is 0 Å². The number of rotatable bonds is 6. The number of carbonyl (C=O) groups excluding carboxylic acids is 2. The summed E-state index contributed by atoms with van der Waals surface area (Å²) in [5.74, 6) is 0.506. The van der Waals surface area contributed by atoms with E-state index >= 15 is 0 Å². The van der Waals surface area contributed by atoms with Crippen LogP contribution in [-0.2, 0) is 22.5 Å². The molecule has 2 aromatic heterocycles. The van der Waals surface area contributed by atoms with Crippen molar-refractivity contribution >= 4 is 40.2 Å². The van der Waals surface area contributed by atoms with Crippen molar-refractivity contribution in [3.05, 3.63) is 76.6 Å². The molecule has 0 bridgehead atoms. The Hall–Kier alpha value is -4.44. The number of aromatic amines is 1. The lowest BCUT2D eigenvalue weighted by Gasteiger charge is -2.29. The summed E-state index contributed by atoms with van der Waals surface area (Å²) < 4.78 is 5.48. The van der Waals surface area contributed by atoms with Crippen molar-refractivity contribution < 1.29 is 14.3 Å². The maximum Gasteiger partial charge on any atom is 0.274 e. The van der Waals surface area contributed by atoms with Crippen molar-refractivity contribution in [3.8, 4) is 0 Å². The van der Waals surface area contributed by atoms with E-state index in [9.17, 15) is 9.59 Å². The van der Waals surface area contributed by atoms with Gasteiger partial charge >= 0.3 is 0 Å². The number of benzene rings is 2. The van der Waals surface area contributed by atoms with Crippen molar-refractivity contribution in [2.24, 2.45) is 0 Å². The number of carbonyl (C=O) groups is 2. The summed E-state index contributed by atoms with van der Waals surface area (Å²) in [5, 5.41) is 7.20. The standard InChI is InChI=1S/C30H33N7O3/c1-19-20(2)32-25-8-7-23(15-24(19)25)33-29(39)26-16-27(35-30(34-26)36-11-13-40-14-12-36)31-17-28(38)37-10-9-21-5-3-4-6-22(21)18-37/h3-8,15-16,32H,9-14,17-18H2,1-2H3,(H,33,39)(H,31,34,35). The van der Waals surface area contributed by atoms with Crippen LogP contribution < -0.4 is 15.5 Å². The zero-order chi connectivity index (χ0) is 27.6. The molecule has 3 N–H and O–H groups in total. The van der Waals surface area contributed by atoms with Crippen LogP contribution >= 0.6 is 0 Å². The number of amides is 2. The summed E-state index contributed by atoms with van der Waals surface area (Å²) in [4.78, 5) is 42.9. The van der Waals surface area contributed by atoms with Crippen molar-refractivity contribution in [2.75, 3.05) is 54.9 Å². The molecule has 2 amide bonds. The first-order valence-corrected chi connectivity index (χ1v) is 13.6. The molecule has 0 radical (unpaired) electrons. The summed E-state index contributed by atoms with van der Waals surface area (Å²) in [6, 6.07) is 15.6. The summed E-state index contributed by atoms with van der Waals surface area (Å²) in [7, 11) is 0. The predicted molar refractivity (Wildman–Crippen MR) is 155 cm³/mol. The molecule has 1 saturated heterocycles. The van der Waals surface area contributed by atoms with E-state index in [4.69, 9.17) is 4.74 Å². The molecule has 2 aromatic carbocycles. The Morgan fingerprint density at radius 1 is 1.00 bits per heavy atom. The predicted octanol–water partition coefficient (Wildman–Crippen LogP) is 3.66. The highest BCUT2D eigenvalue weighted by atomic mass is 16.5. The number of anilines is 3. The van der Waals surface area contributed by atoms with Crippen LogP contribution in [0.2, 0.25) is 0 Å². The van der Waals surface area contributed by atoms with Gasteiger partial charge in [-0.25, -0.2) is 4.98 Å². The molecule has 0 aliphatic carbocycles. The number of hydrogen-bond acceptors (Lipinski definition) is 7. The van der Waals surface area contributed by atoms with Gasteiger partial charge in [-0.15, -0.1) is 0 Å². The number of nitrogens with zero attached hydrogens (tertiary/aromatic N) is 4. The minimum Gasteiger partial charge on any atom is -0.378 e. The van der Waals surface area contributed by atoms with E-state index < -0.39 is 0 Å². The van der Waals surface area contributed by atoms with E-state index in [1.807, 2.05) is 47.1 Å². The van der Waals surface area contributed by atoms with E-state index in [0.29, 0.717) is 56.8 Å². The Balaban J connectivity index is 1.20. The molecule has 1 fully saturated rings. The normalized spacial score (nSPS) is 15.2. The van der Waals surface area contributed by atoms with Crippen LogP contribution in [0.15, 0.2) is 48.5 Å². The Morgan fingerprint density at radius 3 is 2.62 bits per heavy atom. The molecule has 0 spiro atoms. The smallest absolute Gasteiger partial charge is 0.274 e. The van der Waals surface area contributed by atoms with Crippen LogP contribution in [0.5, 0.6) is 0 Å². The van der Waals surface area contributed by atoms with Gasteiger partial charge in [0.2, 0.25) is 11.9 Å². The van der Waals surface area contributed by atoms with Crippen LogP contribution in [0.1, 0.15) is 32.9 Å². The Kier molecular flexibility index (Phi) is 7.08. The number of aryl methyl sites for hydroxylation is 2. The number of ether oxygens (including phenoxy) is 1. The van der Waals surface area contributed by atoms with Crippen molar-refractivity contribution in [2.45, 2.75) is 26.8 Å². The zero-order valence-electron chi connectivity index (χ0n) is 22.8. The van der Waals surface area contributed by atoms with E-state index in [1.165, 1.54) is 11.1 Å². The molecule has 0 unspecified atom stereocenters. The third kappa shape index (κ3) is 5.35. The lowest BCUT2D eigenvalue weighted by atomic mass is 10.00. The maximum absolute atomic E-state index is 13.4. The van der Waals surface area contributed by atoms with Crippen LogP contribution in [0.25, 0.3) is 10.9 Å². The van der Waals surface area contributed by atoms with Gasteiger partial charge in [0.25, 0.3) is 5.91 Å². The number of fused-ring (bicyclic) bond motifs is 2. The number of aromatic nitrogens is 3. The van der Waals surface area contributed by atoms with Gasteiger partial charge in [0.1, 0.15) is 11.5 Å². The highest BCUT2D eigenvalue weighted by Gasteiger charge is 2.22. The van der Waals surface area contributed by atoms with Gasteiger partial charge in [0.15, 0.2) is 0 Å². The second-order valence-electron chi connectivity index (χ2n) is 10.3. The van der Waals surface area contributed by atoms with E-state index in [0.717, 1.165) is 28.6 Å². The average molecular weight is 540 g/mol. The minimum absolute atomic E-state index is 0.0162. The molecule has 0 saturated carbocycles. The lowest BCUT2D eigenvalue weighted by Crippen LogP contribution is -2.39. The molecule has 206 valence electrons. The van der Waals surface area contributed by atoms with Gasteiger partial charge < -0.3 is 30.2 Å². The lowest BCUT2D eigenvalue weighted by molar-refractivity contribution is -0.130. The number of morpholine rings is 1. The van der Waals surface area contributed by atoms with Gasteiger partial charge in [-0.05, 0) is 55.2 Å². The SMILES string of the molecule is Cc1[nH]c2ccc(NC(=O)c3cc(NCC(=O)N4CCc5ccccc5C4)nc(N4CCOCC4)n3)cc2c1C. The summed E-state index contributed by atoms with van der Waals surface area (Å²) >= 11 is 0. The fourth-order valence-electron chi connectivity index (χ4n) is 5.27. The first-order chi connectivity index (χ1) is 19.4. The topological polar surface area (TPSA) is 115 Å². The first-order valence-electron chi connectivity index (χ1n) is 13.6. The Labute approximate surface area is 232 Å².